The average Bonchev–Trinajstić information content (AvgIpc) is 3.33. The van der Waals surface area contributed by atoms with E-state index in [1.165, 1.54) is 12.4 Å². The third-order valence-corrected chi connectivity index (χ3v) is 6.41. The van der Waals surface area contributed by atoms with Crippen LogP contribution in [0.3, 0.4) is 0 Å². The highest BCUT2D eigenvalue weighted by atomic mass is 35.5. The number of likely N-dealkylation sites (tertiary alicyclic amines) is 1. The first-order valence-corrected chi connectivity index (χ1v) is 12.5. The number of nitrogens with one attached hydrogen (secondary N) is 2. The number of carbonyl (C=O) groups excluding carboxylic acids is 1. The Hall–Kier alpha value is -4.21. The first kappa shape index (κ1) is 25.4. The van der Waals surface area contributed by atoms with E-state index in [-0.39, 0.29) is 12.0 Å². The van der Waals surface area contributed by atoms with Crippen molar-refractivity contribution in [1.29, 1.82) is 0 Å². The molecule has 2 aromatic heterocycles. The van der Waals surface area contributed by atoms with Crippen LogP contribution in [0.5, 0.6) is 11.5 Å². The number of amides is 1. The molecule has 1 unspecified atom stereocenters. The number of halogens is 1. The molecule has 4 aromatic rings. The summed E-state index contributed by atoms with van der Waals surface area (Å²) >= 11 is 6.50. The zero-order chi connectivity index (χ0) is 26.5. The van der Waals surface area contributed by atoms with Crippen molar-refractivity contribution in [3.8, 4) is 11.5 Å². The second-order valence-corrected chi connectivity index (χ2v) is 9.36. The zero-order valence-corrected chi connectivity index (χ0v) is 21.6. The van der Waals surface area contributed by atoms with Gasteiger partial charge in [-0.1, -0.05) is 24.2 Å². The fraction of sp³-hybridized carbons (Fsp3) is 0.214. The number of anilines is 3. The maximum atomic E-state index is 12.2. The van der Waals surface area contributed by atoms with Crippen LogP contribution in [0, 0.1) is 0 Å². The van der Waals surface area contributed by atoms with Gasteiger partial charge < -0.3 is 25.0 Å². The highest BCUT2D eigenvalue weighted by Gasteiger charge is 2.23. The van der Waals surface area contributed by atoms with Gasteiger partial charge in [0, 0.05) is 36.4 Å². The third kappa shape index (κ3) is 6.01. The number of likely N-dealkylation sites (N-methyl/N-ethyl adjacent to an activating group) is 1. The first-order chi connectivity index (χ1) is 18.5. The van der Waals surface area contributed by atoms with Crippen molar-refractivity contribution < 1.29 is 14.3 Å². The molecule has 38 heavy (non-hydrogen) atoms. The van der Waals surface area contributed by atoms with Gasteiger partial charge in [0.1, 0.15) is 36.4 Å². The summed E-state index contributed by atoms with van der Waals surface area (Å²) in [6, 6.07) is 14.7. The molecule has 1 fully saturated rings. The minimum absolute atomic E-state index is 0.0248. The van der Waals surface area contributed by atoms with Crippen LogP contribution in [-0.2, 0) is 11.4 Å². The van der Waals surface area contributed by atoms with Crippen LogP contribution >= 0.6 is 11.6 Å². The second kappa shape index (κ2) is 11.5. The smallest absolute Gasteiger partial charge is 0.247 e. The third-order valence-electron chi connectivity index (χ3n) is 6.12. The Kier molecular flexibility index (Phi) is 7.67. The number of aromatic nitrogens is 3. The summed E-state index contributed by atoms with van der Waals surface area (Å²) in [4.78, 5) is 27.5. The normalized spacial score (nSPS) is 15.3. The molecule has 2 N–H and O–H groups in total. The lowest BCUT2D eigenvalue weighted by molar-refractivity contribution is -0.111. The van der Waals surface area contributed by atoms with Gasteiger partial charge in [-0.15, -0.1) is 0 Å². The van der Waals surface area contributed by atoms with Gasteiger partial charge in [-0.05, 0) is 55.9 Å². The Morgan fingerprint density at radius 3 is 2.82 bits per heavy atom. The summed E-state index contributed by atoms with van der Waals surface area (Å²) in [5.41, 5.74) is 2.71. The number of nitrogens with zero attached hydrogens (tertiary/aromatic N) is 4. The van der Waals surface area contributed by atoms with Gasteiger partial charge in [-0.3, -0.25) is 9.78 Å². The largest absolute Gasteiger partial charge is 0.487 e. The van der Waals surface area contributed by atoms with Crippen molar-refractivity contribution in [2.75, 3.05) is 30.8 Å². The van der Waals surface area contributed by atoms with Crippen molar-refractivity contribution in [3.05, 3.63) is 84.4 Å². The summed E-state index contributed by atoms with van der Waals surface area (Å²) in [5, 5.41) is 7.30. The number of hydrogen-bond acceptors (Lipinski definition) is 8. The molecule has 1 saturated heterocycles. The Morgan fingerprint density at radius 2 is 2.08 bits per heavy atom. The van der Waals surface area contributed by atoms with E-state index >= 15 is 0 Å². The number of pyridine rings is 1. The Balaban J connectivity index is 1.40. The minimum Gasteiger partial charge on any atom is -0.487 e. The lowest BCUT2D eigenvalue weighted by Crippen LogP contribution is -2.22. The van der Waals surface area contributed by atoms with Crippen LogP contribution in [0.15, 0.2) is 73.7 Å². The van der Waals surface area contributed by atoms with Crippen molar-refractivity contribution >= 4 is 45.6 Å². The molecule has 0 bridgehead atoms. The molecule has 0 aliphatic carbocycles. The van der Waals surface area contributed by atoms with Crippen LogP contribution in [0.4, 0.5) is 17.2 Å². The second-order valence-electron chi connectivity index (χ2n) is 8.95. The van der Waals surface area contributed by atoms with Crippen LogP contribution in [-0.4, -0.2) is 52.0 Å². The van der Waals surface area contributed by atoms with Crippen LogP contribution < -0.4 is 20.1 Å². The van der Waals surface area contributed by atoms with Gasteiger partial charge in [-0.25, -0.2) is 9.97 Å². The molecule has 0 spiro atoms. The SMILES string of the molecule is C=CC(=O)Nc1cc2c(Nc3ccc(OCc4ccccn4)c(Cl)c3)ncnc2cc1OC1CCN(C)C1. The van der Waals surface area contributed by atoms with E-state index in [4.69, 9.17) is 21.1 Å². The lowest BCUT2D eigenvalue weighted by atomic mass is 10.1. The number of hydrogen-bond donors (Lipinski definition) is 2. The van der Waals surface area contributed by atoms with Crippen molar-refractivity contribution in [1.82, 2.24) is 19.9 Å². The van der Waals surface area contributed by atoms with E-state index in [1.54, 1.807) is 24.4 Å². The maximum absolute atomic E-state index is 12.2. The number of ether oxygens (including phenoxy) is 2. The summed E-state index contributed by atoms with van der Waals surface area (Å²) in [6.45, 7) is 5.64. The van der Waals surface area contributed by atoms with E-state index in [0.29, 0.717) is 51.2 Å². The molecule has 1 amide bonds. The quantitative estimate of drug-likeness (QED) is 0.284. The first-order valence-electron chi connectivity index (χ1n) is 12.1. The molecule has 2 aromatic carbocycles. The molecule has 1 aliphatic heterocycles. The number of rotatable bonds is 9. The van der Waals surface area contributed by atoms with Crippen molar-refractivity contribution in [3.63, 3.8) is 0 Å². The standard InChI is InChI=1S/C28H27ClN6O3/c1-3-27(36)34-24-13-21-23(14-26(24)38-20-9-11-35(2)15-20)31-17-32-28(21)33-18-7-8-25(22(29)12-18)37-16-19-6-4-5-10-30-19/h3-8,10,12-14,17,20H,1,9,11,15-16H2,2H3,(H,34,36)(H,31,32,33). The van der Waals surface area contributed by atoms with E-state index in [1.807, 2.05) is 30.3 Å². The van der Waals surface area contributed by atoms with Gasteiger partial charge >= 0.3 is 0 Å². The van der Waals surface area contributed by atoms with Gasteiger partial charge in [0.15, 0.2) is 0 Å². The molecule has 5 rings (SSSR count). The maximum Gasteiger partial charge on any atom is 0.247 e. The Bertz CT molecular complexity index is 1470. The van der Waals surface area contributed by atoms with Gasteiger partial charge in [0.05, 0.1) is 21.9 Å². The molecular formula is C28H27ClN6O3. The summed E-state index contributed by atoms with van der Waals surface area (Å²) < 4.78 is 12.1. The fourth-order valence-corrected chi connectivity index (χ4v) is 4.44. The molecule has 1 aliphatic rings. The lowest BCUT2D eigenvalue weighted by Gasteiger charge is -2.18. The topological polar surface area (TPSA) is 102 Å². The highest BCUT2D eigenvalue weighted by Crippen LogP contribution is 2.36. The van der Waals surface area contributed by atoms with E-state index in [2.05, 4.69) is 44.1 Å². The monoisotopic (exact) mass is 530 g/mol. The highest BCUT2D eigenvalue weighted by molar-refractivity contribution is 6.32. The fourth-order valence-electron chi connectivity index (χ4n) is 4.20. The number of carbonyl (C=O) groups is 1. The van der Waals surface area contributed by atoms with E-state index in [0.717, 1.165) is 25.2 Å². The van der Waals surface area contributed by atoms with Gasteiger partial charge in [-0.2, -0.15) is 0 Å². The predicted octanol–water partition coefficient (Wildman–Crippen LogP) is 5.21. The van der Waals surface area contributed by atoms with E-state index in [9.17, 15) is 4.79 Å². The number of fused-ring (bicyclic) bond motifs is 1. The van der Waals surface area contributed by atoms with Crippen LogP contribution in [0.1, 0.15) is 12.1 Å². The Morgan fingerprint density at radius 1 is 1.18 bits per heavy atom. The molecule has 10 heteroatoms. The number of benzene rings is 2. The minimum atomic E-state index is -0.336. The molecule has 194 valence electrons. The summed E-state index contributed by atoms with van der Waals surface area (Å²) in [6.07, 6.45) is 5.35. The molecule has 0 saturated carbocycles. The van der Waals surface area contributed by atoms with Gasteiger partial charge in [0.25, 0.3) is 0 Å². The molecule has 3 heterocycles. The summed E-state index contributed by atoms with van der Waals surface area (Å²) in [7, 11) is 2.06. The molecule has 9 nitrogen and oxygen atoms in total. The summed E-state index contributed by atoms with van der Waals surface area (Å²) in [5.74, 6) is 1.31. The van der Waals surface area contributed by atoms with Crippen molar-refractivity contribution in [2.24, 2.45) is 0 Å². The van der Waals surface area contributed by atoms with Gasteiger partial charge in [0.2, 0.25) is 5.91 Å². The van der Waals surface area contributed by atoms with E-state index < -0.39 is 0 Å². The molecular weight excluding hydrogens is 504 g/mol. The van der Waals surface area contributed by atoms with Crippen molar-refractivity contribution in [2.45, 2.75) is 19.1 Å². The molecule has 1 atom stereocenters. The average molecular weight is 531 g/mol. The zero-order valence-electron chi connectivity index (χ0n) is 20.9. The van der Waals surface area contributed by atoms with Crippen LogP contribution in [0.2, 0.25) is 5.02 Å². The predicted molar refractivity (Wildman–Crippen MR) is 148 cm³/mol. The molecule has 0 radical (unpaired) electrons. The Labute approximate surface area is 225 Å². The van der Waals surface area contributed by atoms with Crippen LogP contribution in [0.25, 0.3) is 10.9 Å².